The van der Waals surface area contributed by atoms with Crippen LogP contribution in [0.4, 0.5) is 0 Å². The molecular formula is C13H23NO3S. The Balaban J connectivity index is 2.15. The molecule has 1 aromatic heterocycles. The van der Waals surface area contributed by atoms with Crippen molar-refractivity contribution < 1.29 is 14.2 Å². The Labute approximate surface area is 113 Å². The van der Waals surface area contributed by atoms with E-state index >= 15 is 0 Å². The summed E-state index contributed by atoms with van der Waals surface area (Å²) >= 11 is 1.66. The summed E-state index contributed by atoms with van der Waals surface area (Å²) in [6.45, 7) is 4.56. The molecule has 4 nitrogen and oxygen atoms in total. The van der Waals surface area contributed by atoms with E-state index in [1.54, 1.807) is 18.4 Å². The van der Waals surface area contributed by atoms with E-state index in [2.05, 4.69) is 11.4 Å². The lowest BCUT2D eigenvalue weighted by molar-refractivity contribution is -0.00746. The average Bonchev–Trinajstić information content (AvgIpc) is 2.85. The summed E-state index contributed by atoms with van der Waals surface area (Å²) in [6.07, 6.45) is 0.872. The highest BCUT2D eigenvalue weighted by molar-refractivity contribution is 7.07. The van der Waals surface area contributed by atoms with Gasteiger partial charge in [0.2, 0.25) is 0 Å². The molecule has 1 heterocycles. The quantitative estimate of drug-likeness (QED) is 0.664. The van der Waals surface area contributed by atoms with E-state index in [9.17, 15) is 0 Å². The minimum atomic E-state index is -0.0428. The van der Waals surface area contributed by atoms with Crippen LogP contribution in [-0.2, 0) is 14.2 Å². The van der Waals surface area contributed by atoms with Gasteiger partial charge >= 0.3 is 0 Å². The molecule has 104 valence electrons. The third kappa shape index (κ3) is 5.93. The van der Waals surface area contributed by atoms with Gasteiger partial charge in [-0.2, -0.15) is 11.3 Å². The molecule has 0 saturated heterocycles. The molecule has 18 heavy (non-hydrogen) atoms. The van der Waals surface area contributed by atoms with Gasteiger partial charge in [-0.05, 0) is 35.7 Å². The number of hydrogen-bond donors (Lipinski definition) is 1. The van der Waals surface area contributed by atoms with Crippen LogP contribution in [0, 0.1) is 0 Å². The van der Waals surface area contributed by atoms with Crippen LogP contribution in [0.3, 0.4) is 0 Å². The number of methoxy groups -OCH3 is 1. The molecule has 5 heteroatoms. The molecule has 0 radical (unpaired) electrons. The van der Waals surface area contributed by atoms with Gasteiger partial charge in [0.25, 0.3) is 0 Å². The standard InChI is InChI=1S/C13H23NO3S/c1-11(14)13(12-4-9-18-10-12)17-8-7-16-6-3-5-15-2/h4,9-11,13H,3,5-8,14H2,1-2H3. The van der Waals surface area contributed by atoms with Crippen molar-refractivity contribution in [3.05, 3.63) is 22.4 Å². The van der Waals surface area contributed by atoms with E-state index < -0.39 is 0 Å². The van der Waals surface area contributed by atoms with Crippen LogP contribution in [0.2, 0.25) is 0 Å². The van der Waals surface area contributed by atoms with Gasteiger partial charge < -0.3 is 19.9 Å². The molecule has 0 aliphatic heterocycles. The van der Waals surface area contributed by atoms with Gasteiger partial charge in [-0.3, -0.25) is 0 Å². The van der Waals surface area contributed by atoms with Gasteiger partial charge in [0.1, 0.15) is 0 Å². The Bertz CT molecular complexity index is 290. The van der Waals surface area contributed by atoms with Gasteiger partial charge in [-0.1, -0.05) is 0 Å². The van der Waals surface area contributed by atoms with E-state index in [4.69, 9.17) is 19.9 Å². The first-order valence-electron chi connectivity index (χ1n) is 6.21. The highest BCUT2D eigenvalue weighted by Crippen LogP contribution is 2.22. The smallest absolute Gasteiger partial charge is 0.0982 e. The summed E-state index contributed by atoms with van der Waals surface area (Å²) in [4.78, 5) is 0. The molecule has 2 N–H and O–H groups in total. The van der Waals surface area contributed by atoms with Crippen LogP contribution in [-0.4, -0.2) is 39.6 Å². The predicted octanol–water partition coefficient (Wildman–Crippen LogP) is 2.21. The maximum absolute atomic E-state index is 5.93. The number of rotatable bonds is 10. The van der Waals surface area contributed by atoms with Crippen LogP contribution < -0.4 is 5.73 Å². The topological polar surface area (TPSA) is 53.7 Å². The van der Waals surface area contributed by atoms with Gasteiger partial charge in [0.15, 0.2) is 0 Å². The van der Waals surface area contributed by atoms with Crippen LogP contribution >= 0.6 is 11.3 Å². The summed E-state index contributed by atoms with van der Waals surface area (Å²) in [6, 6.07) is 2.03. The lowest BCUT2D eigenvalue weighted by Crippen LogP contribution is -2.27. The van der Waals surface area contributed by atoms with E-state index in [0.29, 0.717) is 19.8 Å². The van der Waals surface area contributed by atoms with Gasteiger partial charge in [-0.25, -0.2) is 0 Å². The number of thiophene rings is 1. The van der Waals surface area contributed by atoms with Crippen LogP contribution in [0.15, 0.2) is 16.8 Å². The molecule has 0 amide bonds. The van der Waals surface area contributed by atoms with Crippen molar-refractivity contribution in [2.75, 3.05) is 33.5 Å². The Hall–Kier alpha value is -0.460. The van der Waals surface area contributed by atoms with E-state index in [1.165, 1.54) is 0 Å². The fourth-order valence-corrected chi connectivity index (χ4v) is 2.31. The van der Waals surface area contributed by atoms with Crippen molar-refractivity contribution in [3.8, 4) is 0 Å². The summed E-state index contributed by atoms with van der Waals surface area (Å²) in [5.74, 6) is 0. The highest BCUT2D eigenvalue weighted by Gasteiger charge is 2.16. The Morgan fingerprint density at radius 3 is 2.72 bits per heavy atom. The molecule has 0 fully saturated rings. The monoisotopic (exact) mass is 273 g/mol. The molecule has 2 atom stereocenters. The molecule has 0 saturated carbocycles. The SMILES string of the molecule is COCCCOCCOC(c1ccsc1)C(C)N. The summed E-state index contributed by atoms with van der Waals surface area (Å²) < 4.78 is 16.2. The Kier molecular flexibility index (Phi) is 8.20. The lowest BCUT2D eigenvalue weighted by Gasteiger charge is -2.20. The number of ether oxygens (including phenoxy) is 3. The van der Waals surface area contributed by atoms with Crippen LogP contribution in [0.25, 0.3) is 0 Å². The second-order valence-corrected chi connectivity index (χ2v) is 4.95. The third-order valence-electron chi connectivity index (χ3n) is 2.51. The maximum Gasteiger partial charge on any atom is 0.0982 e. The minimum absolute atomic E-state index is 0.0203. The molecular weight excluding hydrogens is 250 g/mol. The van der Waals surface area contributed by atoms with Crippen molar-refractivity contribution in [1.82, 2.24) is 0 Å². The Morgan fingerprint density at radius 2 is 2.11 bits per heavy atom. The van der Waals surface area contributed by atoms with Crippen LogP contribution in [0.1, 0.15) is 25.0 Å². The zero-order chi connectivity index (χ0) is 13.2. The minimum Gasteiger partial charge on any atom is -0.385 e. The van der Waals surface area contributed by atoms with Gasteiger partial charge in [0, 0.05) is 26.4 Å². The molecule has 1 aromatic rings. The van der Waals surface area contributed by atoms with E-state index in [1.807, 2.05) is 12.3 Å². The first-order chi connectivity index (χ1) is 8.75. The molecule has 0 aliphatic carbocycles. The predicted molar refractivity (Wildman–Crippen MR) is 74.0 cm³/mol. The molecule has 0 spiro atoms. The van der Waals surface area contributed by atoms with Crippen molar-refractivity contribution in [3.63, 3.8) is 0 Å². The zero-order valence-electron chi connectivity index (χ0n) is 11.1. The van der Waals surface area contributed by atoms with E-state index in [-0.39, 0.29) is 12.1 Å². The Morgan fingerprint density at radius 1 is 1.28 bits per heavy atom. The van der Waals surface area contributed by atoms with E-state index in [0.717, 1.165) is 18.6 Å². The maximum atomic E-state index is 5.93. The van der Waals surface area contributed by atoms with Crippen LogP contribution in [0.5, 0.6) is 0 Å². The fourth-order valence-electron chi connectivity index (χ4n) is 1.63. The van der Waals surface area contributed by atoms with Gasteiger partial charge in [-0.15, -0.1) is 0 Å². The molecule has 1 rings (SSSR count). The van der Waals surface area contributed by atoms with Crippen molar-refractivity contribution >= 4 is 11.3 Å². The molecule has 0 aromatic carbocycles. The number of nitrogens with two attached hydrogens (primary N) is 1. The molecule has 2 unspecified atom stereocenters. The van der Waals surface area contributed by atoms with Gasteiger partial charge in [0.05, 0.1) is 19.3 Å². The second kappa shape index (κ2) is 9.47. The largest absolute Gasteiger partial charge is 0.385 e. The summed E-state index contributed by atoms with van der Waals surface area (Å²) in [5, 5.41) is 4.11. The average molecular weight is 273 g/mol. The van der Waals surface area contributed by atoms with Crippen molar-refractivity contribution in [2.45, 2.75) is 25.5 Å². The first-order valence-corrected chi connectivity index (χ1v) is 7.16. The van der Waals surface area contributed by atoms with Crippen molar-refractivity contribution in [1.29, 1.82) is 0 Å². The molecule has 0 bridgehead atoms. The second-order valence-electron chi connectivity index (χ2n) is 4.17. The first kappa shape index (κ1) is 15.6. The fraction of sp³-hybridized carbons (Fsp3) is 0.692. The summed E-state index contributed by atoms with van der Waals surface area (Å²) in [5.41, 5.74) is 7.08. The third-order valence-corrected chi connectivity index (χ3v) is 3.21. The normalized spacial score (nSPS) is 14.6. The summed E-state index contributed by atoms with van der Waals surface area (Å²) in [7, 11) is 1.69. The highest BCUT2D eigenvalue weighted by atomic mass is 32.1. The molecule has 0 aliphatic rings. The zero-order valence-corrected chi connectivity index (χ0v) is 11.9. The van der Waals surface area contributed by atoms with Crippen molar-refractivity contribution in [2.24, 2.45) is 5.73 Å². The number of hydrogen-bond acceptors (Lipinski definition) is 5. The lowest BCUT2D eigenvalue weighted by atomic mass is 10.1.